The molecule has 110 valence electrons. The van der Waals surface area contributed by atoms with Gasteiger partial charge in [0.25, 0.3) is 5.91 Å². The highest BCUT2D eigenvalue weighted by Crippen LogP contribution is 2.19. The topological polar surface area (TPSA) is 68.0 Å². The van der Waals surface area contributed by atoms with Crippen LogP contribution in [0.5, 0.6) is 0 Å². The number of nitrogens with zero attached hydrogens (tertiary/aromatic N) is 2. The van der Waals surface area contributed by atoms with E-state index in [1.165, 1.54) is 0 Å². The largest absolute Gasteiger partial charge is 0.339 e. The second kappa shape index (κ2) is 5.99. The Bertz CT molecular complexity index is 812. The van der Waals surface area contributed by atoms with Gasteiger partial charge in [-0.1, -0.05) is 22.8 Å². The molecule has 3 rings (SSSR count). The van der Waals surface area contributed by atoms with Crippen LogP contribution in [0.25, 0.3) is 11.4 Å². The molecule has 0 bridgehead atoms. The van der Waals surface area contributed by atoms with Crippen LogP contribution in [0.15, 0.2) is 53.1 Å². The van der Waals surface area contributed by atoms with Gasteiger partial charge >= 0.3 is 0 Å². The van der Waals surface area contributed by atoms with Crippen molar-refractivity contribution in [1.82, 2.24) is 10.1 Å². The molecule has 1 heterocycles. The van der Waals surface area contributed by atoms with Gasteiger partial charge in [-0.15, -0.1) is 0 Å². The minimum absolute atomic E-state index is 0.217. The molecule has 0 aliphatic heterocycles. The molecule has 0 atom stereocenters. The number of nitrogens with one attached hydrogen (secondary N) is 1. The van der Waals surface area contributed by atoms with Gasteiger partial charge in [0, 0.05) is 28.8 Å². The second-order valence-corrected chi connectivity index (χ2v) is 5.12. The third-order valence-corrected chi connectivity index (χ3v) is 3.25. The number of aromatic nitrogens is 2. The summed E-state index contributed by atoms with van der Waals surface area (Å²) in [5, 5.41) is 7.18. The van der Waals surface area contributed by atoms with Gasteiger partial charge in [0.15, 0.2) is 0 Å². The van der Waals surface area contributed by atoms with E-state index in [0.29, 0.717) is 28.0 Å². The van der Waals surface area contributed by atoms with Gasteiger partial charge in [-0.2, -0.15) is 4.98 Å². The van der Waals surface area contributed by atoms with Crippen LogP contribution in [0.4, 0.5) is 5.69 Å². The molecule has 6 heteroatoms. The molecule has 2 aromatic carbocycles. The Hall–Kier alpha value is -2.66. The minimum atomic E-state index is -0.217. The number of hydrogen-bond acceptors (Lipinski definition) is 4. The lowest BCUT2D eigenvalue weighted by Gasteiger charge is -2.06. The van der Waals surface area contributed by atoms with Crippen molar-refractivity contribution in [2.24, 2.45) is 0 Å². The van der Waals surface area contributed by atoms with Crippen LogP contribution < -0.4 is 5.32 Å². The molecular weight excluding hydrogens is 302 g/mol. The molecule has 5 nitrogen and oxygen atoms in total. The monoisotopic (exact) mass is 313 g/mol. The highest BCUT2D eigenvalue weighted by molar-refractivity contribution is 6.31. The Morgan fingerprint density at radius 1 is 1.18 bits per heavy atom. The summed E-state index contributed by atoms with van der Waals surface area (Å²) in [4.78, 5) is 16.3. The zero-order valence-electron chi connectivity index (χ0n) is 11.7. The van der Waals surface area contributed by atoms with E-state index in [-0.39, 0.29) is 5.91 Å². The maximum atomic E-state index is 12.1. The molecule has 0 radical (unpaired) electrons. The molecule has 0 fully saturated rings. The molecule has 1 aromatic heterocycles. The lowest BCUT2D eigenvalue weighted by atomic mass is 10.1. The number of carbonyl (C=O) groups excluding carboxylic acids is 1. The summed E-state index contributed by atoms with van der Waals surface area (Å²) in [6.07, 6.45) is 0. The predicted molar refractivity (Wildman–Crippen MR) is 83.9 cm³/mol. The highest BCUT2D eigenvalue weighted by Gasteiger charge is 2.08. The molecule has 0 aliphatic rings. The number of amides is 1. The standard InChI is InChI=1S/C16H12ClN3O2/c1-10-18-15(20-22-10)11-5-7-14(8-6-11)19-16(21)12-3-2-4-13(17)9-12/h2-9H,1H3,(H,19,21). The van der Waals surface area contributed by atoms with Crippen LogP contribution in [0, 0.1) is 6.92 Å². The molecule has 0 saturated heterocycles. The van der Waals surface area contributed by atoms with E-state index in [4.69, 9.17) is 16.1 Å². The van der Waals surface area contributed by atoms with Gasteiger partial charge in [-0.05, 0) is 42.5 Å². The quantitative estimate of drug-likeness (QED) is 0.795. The smallest absolute Gasteiger partial charge is 0.255 e. The molecule has 0 aliphatic carbocycles. The summed E-state index contributed by atoms with van der Waals surface area (Å²) < 4.78 is 4.94. The predicted octanol–water partition coefficient (Wildman–Crippen LogP) is 3.95. The maximum Gasteiger partial charge on any atom is 0.255 e. The summed E-state index contributed by atoms with van der Waals surface area (Å²) in [7, 11) is 0. The van der Waals surface area contributed by atoms with E-state index in [1.807, 2.05) is 12.1 Å². The fraction of sp³-hybridized carbons (Fsp3) is 0.0625. The van der Waals surface area contributed by atoms with Crippen LogP contribution in [0.2, 0.25) is 5.02 Å². The second-order valence-electron chi connectivity index (χ2n) is 4.68. The van der Waals surface area contributed by atoms with Gasteiger partial charge in [0.2, 0.25) is 11.7 Å². The van der Waals surface area contributed by atoms with E-state index in [9.17, 15) is 4.79 Å². The fourth-order valence-corrected chi connectivity index (χ4v) is 2.14. The fourth-order valence-electron chi connectivity index (χ4n) is 1.95. The van der Waals surface area contributed by atoms with Crippen molar-refractivity contribution in [3.63, 3.8) is 0 Å². The van der Waals surface area contributed by atoms with E-state index < -0.39 is 0 Å². The summed E-state index contributed by atoms with van der Waals surface area (Å²) in [6, 6.07) is 14.0. The summed E-state index contributed by atoms with van der Waals surface area (Å²) >= 11 is 5.88. The van der Waals surface area contributed by atoms with Crippen LogP contribution in [-0.4, -0.2) is 16.0 Å². The first-order valence-electron chi connectivity index (χ1n) is 6.59. The Labute approximate surface area is 131 Å². The van der Waals surface area contributed by atoms with Crippen molar-refractivity contribution in [1.29, 1.82) is 0 Å². The lowest BCUT2D eigenvalue weighted by Crippen LogP contribution is -2.11. The molecule has 0 saturated carbocycles. The Balaban J connectivity index is 1.75. The lowest BCUT2D eigenvalue weighted by molar-refractivity contribution is 0.102. The van der Waals surface area contributed by atoms with Crippen molar-refractivity contribution < 1.29 is 9.32 Å². The van der Waals surface area contributed by atoms with E-state index >= 15 is 0 Å². The highest BCUT2D eigenvalue weighted by atomic mass is 35.5. The van der Waals surface area contributed by atoms with Gasteiger partial charge < -0.3 is 9.84 Å². The molecule has 22 heavy (non-hydrogen) atoms. The average Bonchev–Trinajstić information content (AvgIpc) is 2.94. The third kappa shape index (κ3) is 3.15. The summed E-state index contributed by atoms with van der Waals surface area (Å²) in [5.41, 5.74) is 2.00. The zero-order valence-corrected chi connectivity index (χ0v) is 12.5. The van der Waals surface area contributed by atoms with Gasteiger partial charge in [-0.3, -0.25) is 4.79 Å². The zero-order chi connectivity index (χ0) is 15.5. The molecule has 0 unspecified atom stereocenters. The van der Waals surface area contributed by atoms with Crippen LogP contribution in [0.1, 0.15) is 16.2 Å². The number of halogens is 1. The maximum absolute atomic E-state index is 12.1. The average molecular weight is 314 g/mol. The first-order valence-corrected chi connectivity index (χ1v) is 6.97. The Kier molecular flexibility index (Phi) is 3.89. The van der Waals surface area contributed by atoms with Crippen molar-refractivity contribution >= 4 is 23.2 Å². The van der Waals surface area contributed by atoms with Crippen LogP contribution in [-0.2, 0) is 0 Å². The first kappa shape index (κ1) is 14.3. The Morgan fingerprint density at radius 3 is 2.59 bits per heavy atom. The van der Waals surface area contributed by atoms with Gasteiger partial charge in [0.1, 0.15) is 0 Å². The van der Waals surface area contributed by atoms with Crippen molar-refractivity contribution in [2.45, 2.75) is 6.92 Å². The molecule has 0 spiro atoms. The van der Waals surface area contributed by atoms with Crippen molar-refractivity contribution in [3.05, 3.63) is 65.0 Å². The molecular formula is C16H12ClN3O2. The normalized spacial score (nSPS) is 10.5. The number of hydrogen-bond donors (Lipinski definition) is 1. The number of anilines is 1. The minimum Gasteiger partial charge on any atom is -0.339 e. The van der Waals surface area contributed by atoms with E-state index in [2.05, 4.69) is 15.5 Å². The Morgan fingerprint density at radius 2 is 1.95 bits per heavy atom. The first-order chi connectivity index (χ1) is 10.6. The third-order valence-electron chi connectivity index (χ3n) is 3.02. The van der Waals surface area contributed by atoms with E-state index in [1.54, 1.807) is 43.3 Å². The SMILES string of the molecule is Cc1nc(-c2ccc(NC(=O)c3cccc(Cl)c3)cc2)no1. The number of rotatable bonds is 3. The molecule has 1 amide bonds. The van der Waals surface area contributed by atoms with Gasteiger partial charge in [-0.25, -0.2) is 0 Å². The van der Waals surface area contributed by atoms with Crippen LogP contribution >= 0.6 is 11.6 Å². The molecule has 1 N–H and O–H groups in total. The molecule has 3 aromatic rings. The van der Waals surface area contributed by atoms with Gasteiger partial charge in [0.05, 0.1) is 0 Å². The van der Waals surface area contributed by atoms with E-state index in [0.717, 1.165) is 5.56 Å². The number of aryl methyl sites for hydroxylation is 1. The van der Waals surface area contributed by atoms with Crippen LogP contribution in [0.3, 0.4) is 0 Å². The van der Waals surface area contributed by atoms with Crippen molar-refractivity contribution in [2.75, 3.05) is 5.32 Å². The summed E-state index contributed by atoms with van der Waals surface area (Å²) in [5.74, 6) is 0.809. The number of benzene rings is 2. The summed E-state index contributed by atoms with van der Waals surface area (Å²) in [6.45, 7) is 1.73. The van der Waals surface area contributed by atoms with Crippen molar-refractivity contribution in [3.8, 4) is 11.4 Å². The number of carbonyl (C=O) groups is 1.